The van der Waals surface area contributed by atoms with E-state index in [9.17, 15) is 0 Å². The molecule has 0 radical (unpaired) electrons. The van der Waals surface area contributed by atoms with Crippen molar-refractivity contribution in [3.63, 3.8) is 0 Å². The van der Waals surface area contributed by atoms with Crippen molar-refractivity contribution in [2.75, 3.05) is 0 Å². The van der Waals surface area contributed by atoms with Crippen LogP contribution in [0, 0.1) is 34.6 Å². The minimum Gasteiger partial charge on any atom is -0.248 e. The zero-order valence-electron chi connectivity index (χ0n) is 9.84. The summed E-state index contributed by atoms with van der Waals surface area (Å²) in [4.78, 5) is 13.5. The van der Waals surface area contributed by atoms with Crippen molar-refractivity contribution in [3.05, 3.63) is 28.2 Å². The smallest absolute Gasteiger partial charge is 0.178 e. The fourth-order valence-electron chi connectivity index (χ4n) is 1.61. The molecular weight excluding hydrogens is 186 g/mol. The average Bonchev–Trinajstić information content (AvgIpc) is 2.19. The van der Waals surface area contributed by atoms with Crippen molar-refractivity contribution < 1.29 is 0 Å². The van der Waals surface area contributed by atoms with E-state index in [0.29, 0.717) is 0 Å². The van der Waals surface area contributed by atoms with E-state index in [4.69, 9.17) is 0 Å². The molecule has 15 heavy (non-hydrogen) atoms. The van der Waals surface area contributed by atoms with Gasteiger partial charge in [-0.3, -0.25) is 0 Å². The van der Waals surface area contributed by atoms with Gasteiger partial charge in [-0.15, -0.1) is 0 Å². The van der Waals surface area contributed by atoms with Gasteiger partial charge in [-0.1, -0.05) is 0 Å². The first-order chi connectivity index (χ1) is 7.00. The standard InChI is InChI=1S/C12H15N3/c1-6-7(2)11-12(14-8(6)3)15-10(5)9(4)13-11/h1-5H3. The first-order valence-electron chi connectivity index (χ1n) is 5.09. The van der Waals surface area contributed by atoms with E-state index >= 15 is 0 Å². The van der Waals surface area contributed by atoms with Crippen LogP contribution in [0.4, 0.5) is 0 Å². The Labute approximate surface area is 89.6 Å². The Kier molecular flexibility index (Phi) is 2.18. The highest BCUT2D eigenvalue weighted by Gasteiger charge is 2.09. The molecule has 0 bridgehead atoms. The molecule has 2 aromatic heterocycles. The second-order valence-corrected chi connectivity index (χ2v) is 4.01. The number of rotatable bonds is 0. The first-order valence-corrected chi connectivity index (χ1v) is 5.09. The summed E-state index contributed by atoms with van der Waals surface area (Å²) < 4.78 is 0. The van der Waals surface area contributed by atoms with Crippen LogP contribution >= 0.6 is 0 Å². The molecule has 0 aromatic carbocycles. The number of aromatic nitrogens is 3. The molecule has 0 saturated heterocycles. The van der Waals surface area contributed by atoms with Gasteiger partial charge in [0.1, 0.15) is 5.52 Å². The summed E-state index contributed by atoms with van der Waals surface area (Å²) in [5, 5.41) is 0. The number of pyridine rings is 1. The Morgan fingerprint density at radius 1 is 0.600 bits per heavy atom. The average molecular weight is 201 g/mol. The highest BCUT2D eigenvalue weighted by molar-refractivity contribution is 5.75. The summed E-state index contributed by atoms with van der Waals surface area (Å²) in [5.41, 5.74) is 7.07. The van der Waals surface area contributed by atoms with Crippen LogP contribution < -0.4 is 0 Å². The Hall–Kier alpha value is -1.51. The van der Waals surface area contributed by atoms with Crippen molar-refractivity contribution in [1.82, 2.24) is 15.0 Å². The number of nitrogens with zero attached hydrogens (tertiary/aromatic N) is 3. The second kappa shape index (κ2) is 3.26. The number of fused-ring (bicyclic) bond motifs is 1. The van der Waals surface area contributed by atoms with E-state index in [1.165, 1.54) is 11.1 Å². The maximum absolute atomic E-state index is 4.55. The first kappa shape index (κ1) is 10.0. The van der Waals surface area contributed by atoms with Crippen LogP contribution in [0.3, 0.4) is 0 Å². The third-order valence-corrected chi connectivity index (χ3v) is 3.02. The largest absolute Gasteiger partial charge is 0.248 e. The van der Waals surface area contributed by atoms with E-state index in [2.05, 4.69) is 28.8 Å². The molecule has 0 aliphatic carbocycles. The lowest BCUT2D eigenvalue weighted by molar-refractivity contribution is 1.05. The molecule has 0 N–H and O–H groups in total. The number of aryl methyl sites for hydroxylation is 4. The Bertz CT molecular complexity index is 539. The molecule has 2 aromatic rings. The molecule has 3 heteroatoms. The van der Waals surface area contributed by atoms with Gasteiger partial charge in [0, 0.05) is 5.69 Å². The van der Waals surface area contributed by atoms with Crippen LogP contribution in [0.2, 0.25) is 0 Å². The number of hydrogen-bond donors (Lipinski definition) is 0. The van der Waals surface area contributed by atoms with Gasteiger partial charge in [0.25, 0.3) is 0 Å². The topological polar surface area (TPSA) is 38.7 Å². The van der Waals surface area contributed by atoms with Crippen LogP contribution in [-0.2, 0) is 0 Å². The molecule has 2 rings (SSSR count). The fraction of sp³-hybridized carbons (Fsp3) is 0.417. The molecule has 0 spiro atoms. The third-order valence-electron chi connectivity index (χ3n) is 3.02. The quantitative estimate of drug-likeness (QED) is 0.657. The highest BCUT2D eigenvalue weighted by Crippen LogP contribution is 2.19. The summed E-state index contributed by atoms with van der Waals surface area (Å²) in [5.74, 6) is 0. The van der Waals surface area contributed by atoms with Gasteiger partial charge in [0.15, 0.2) is 5.65 Å². The van der Waals surface area contributed by atoms with Gasteiger partial charge in [-0.25, -0.2) is 15.0 Å². The summed E-state index contributed by atoms with van der Waals surface area (Å²) >= 11 is 0. The fourth-order valence-corrected chi connectivity index (χ4v) is 1.61. The zero-order chi connectivity index (χ0) is 11.2. The molecule has 3 nitrogen and oxygen atoms in total. The van der Waals surface area contributed by atoms with E-state index in [1.807, 2.05) is 20.8 Å². The predicted molar refractivity (Wildman–Crippen MR) is 61.0 cm³/mol. The van der Waals surface area contributed by atoms with Crippen molar-refractivity contribution >= 4 is 11.2 Å². The Morgan fingerprint density at radius 2 is 1.13 bits per heavy atom. The van der Waals surface area contributed by atoms with Crippen molar-refractivity contribution in [1.29, 1.82) is 0 Å². The summed E-state index contributed by atoms with van der Waals surface area (Å²) in [6.45, 7) is 10.1. The van der Waals surface area contributed by atoms with E-state index in [0.717, 1.165) is 28.2 Å². The van der Waals surface area contributed by atoms with Gasteiger partial charge in [-0.2, -0.15) is 0 Å². The van der Waals surface area contributed by atoms with Crippen molar-refractivity contribution in [2.24, 2.45) is 0 Å². The van der Waals surface area contributed by atoms with Gasteiger partial charge < -0.3 is 0 Å². The minimum atomic E-state index is 0.763. The summed E-state index contributed by atoms with van der Waals surface area (Å²) in [6, 6.07) is 0. The molecule has 0 atom stereocenters. The van der Waals surface area contributed by atoms with Gasteiger partial charge in [-0.05, 0) is 45.7 Å². The number of hydrogen-bond acceptors (Lipinski definition) is 3. The molecule has 0 fully saturated rings. The van der Waals surface area contributed by atoms with Crippen LogP contribution in [-0.4, -0.2) is 15.0 Å². The van der Waals surface area contributed by atoms with Crippen LogP contribution in [0.5, 0.6) is 0 Å². The Balaban J connectivity index is 2.93. The Morgan fingerprint density at radius 3 is 1.80 bits per heavy atom. The molecule has 78 valence electrons. The van der Waals surface area contributed by atoms with Crippen LogP contribution in [0.15, 0.2) is 0 Å². The summed E-state index contributed by atoms with van der Waals surface area (Å²) in [7, 11) is 0. The SMILES string of the molecule is Cc1nc2nc(C)c(C)c(C)c2nc1C. The molecular formula is C12H15N3. The molecule has 2 heterocycles. The lowest BCUT2D eigenvalue weighted by atomic mass is 10.1. The monoisotopic (exact) mass is 201 g/mol. The van der Waals surface area contributed by atoms with Crippen LogP contribution in [0.25, 0.3) is 11.2 Å². The van der Waals surface area contributed by atoms with Crippen molar-refractivity contribution in [3.8, 4) is 0 Å². The lowest BCUT2D eigenvalue weighted by Crippen LogP contribution is -2.01. The van der Waals surface area contributed by atoms with Gasteiger partial charge in [0.05, 0.1) is 11.4 Å². The molecule has 0 amide bonds. The normalized spacial score (nSPS) is 11.0. The molecule has 0 unspecified atom stereocenters. The third kappa shape index (κ3) is 1.48. The molecule has 0 aliphatic heterocycles. The van der Waals surface area contributed by atoms with E-state index < -0.39 is 0 Å². The second-order valence-electron chi connectivity index (χ2n) is 4.01. The maximum Gasteiger partial charge on any atom is 0.178 e. The zero-order valence-corrected chi connectivity index (χ0v) is 9.84. The molecule has 0 saturated carbocycles. The molecule has 0 aliphatic rings. The highest BCUT2D eigenvalue weighted by atomic mass is 14.9. The van der Waals surface area contributed by atoms with Crippen LogP contribution in [0.1, 0.15) is 28.2 Å². The lowest BCUT2D eigenvalue weighted by Gasteiger charge is -2.08. The van der Waals surface area contributed by atoms with Gasteiger partial charge in [0.2, 0.25) is 0 Å². The van der Waals surface area contributed by atoms with E-state index in [-0.39, 0.29) is 0 Å². The minimum absolute atomic E-state index is 0.763. The van der Waals surface area contributed by atoms with E-state index in [1.54, 1.807) is 0 Å². The summed E-state index contributed by atoms with van der Waals surface area (Å²) in [6.07, 6.45) is 0. The van der Waals surface area contributed by atoms with Gasteiger partial charge >= 0.3 is 0 Å². The van der Waals surface area contributed by atoms with Crippen molar-refractivity contribution in [2.45, 2.75) is 34.6 Å². The maximum atomic E-state index is 4.55. The predicted octanol–water partition coefficient (Wildman–Crippen LogP) is 2.57.